The van der Waals surface area contributed by atoms with Gasteiger partial charge < -0.3 is 9.47 Å². The van der Waals surface area contributed by atoms with Crippen molar-refractivity contribution in [2.75, 3.05) is 6.61 Å². The van der Waals surface area contributed by atoms with E-state index in [0.29, 0.717) is 13.0 Å². The Hall–Kier alpha value is -0.950. The summed E-state index contributed by atoms with van der Waals surface area (Å²) in [6, 6.07) is 6.55. The number of rotatable bonds is 6. The van der Waals surface area contributed by atoms with Crippen LogP contribution in [0.1, 0.15) is 38.2 Å². The van der Waals surface area contributed by atoms with Crippen molar-refractivity contribution in [2.24, 2.45) is 0 Å². The molecule has 0 radical (unpaired) electrons. The largest absolute Gasteiger partial charge is 0.353 e. The van der Waals surface area contributed by atoms with E-state index < -0.39 is 16.4 Å². The number of hydrogen-bond acceptors (Lipinski definition) is 5. The lowest BCUT2D eigenvalue weighted by Crippen LogP contribution is -2.30. The average Bonchev–Trinajstić information content (AvgIpc) is 2.48. The molecule has 2 atom stereocenters. The number of benzene rings is 1. The molecule has 5 nitrogen and oxygen atoms in total. The molecular weight excluding hydrogens is 292 g/mol. The molecule has 118 valence electrons. The highest BCUT2D eigenvalue weighted by molar-refractivity contribution is 7.86. The molecule has 0 aliphatic carbocycles. The molecule has 0 aromatic heterocycles. The highest BCUT2D eigenvalue weighted by Crippen LogP contribution is 2.21. The first-order valence-corrected chi connectivity index (χ1v) is 8.69. The first-order valence-electron chi connectivity index (χ1n) is 7.28. The van der Waals surface area contributed by atoms with Crippen LogP contribution in [-0.2, 0) is 23.8 Å². The fourth-order valence-electron chi connectivity index (χ4n) is 2.08. The molecule has 1 aliphatic heterocycles. The summed E-state index contributed by atoms with van der Waals surface area (Å²) in [5.74, 6) is 0. The summed E-state index contributed by atoms with van der Waals surface area (Å²) < 4.78 is 40.7. The Morgan fingerprint density at radius 2 is 2.00 bits per heavy atom. The van der Waals surface area contributed by atoms with E-state index in [1.165, 1.54) is 12.1 Å². The second-order valence-electron chi connectivity index (χ2n) is 5.13. The summed E-state index contributed by atoms with van der Waals surface area (Å²) >= 11 is 0. The van der Waals surface area contributed by atoms with E-state index in [2.05, 4.69) is 0 Å². The average molecular weight is 314 g/mol. The monoisotopic (exact) mass is 314 g/mol. The third-order valence-corrected chi connectivity index (χ3v) is 4.64. The first kappa shape index (κ1) is 16.4. The highest BCUT2D eigenvalue weighted by atomic mass is 32.2. The zero-order valence-corrected chi connectivity index (χ0v) is 13.3. The van der Waals surface area contributed by atoms with Crippen molar-refractivity contribution in [2.45, 2.75) is 57.0 Å². The minimum absolute atomic E-state index is 0.139. The third-order valence-electron chi connectivity index (χ3n) is 3.32. The Labute approximate surface area is 126 Å². The molecule has 1 heterocycles. The van der Waals surface area contributed by atoms with Gasteiger partial charge in [-0.15, -0.1) is 0 Å². The van der Waals surface area contributed by atoms with Gasteiger partial charge in [0.2, 0.25) is 0 Å². The topological polar surface area (TPSA) is 61.8 Å². The summed E-state index contributed by atoms with van der Waals surface area (Å²) in [6.07, 6.45) is 2.04. The molecule has 1 saturated heterocycles. The summed E-state index contributed by atoms with van der Waals surface area (Å²) in [5.41, 5.74) is 0.993. The minimum atomic E-state index is -3.82. The molecule has 2 unspecified atom stereocenters. The molecule has 0 bridgehead atoms. The van der Waals surface area contributed by atoms with Gasteiger partial charge in [0.05, 0.1) is 4.90 Å². The van der Waals surface area contributed by atoms with E-state index in [1.54, 1.807) is 12.1 Å². The van der Waals surface area contributed by atoms with Gasteiger partial charge >= 0.3 is 0 Å². The van der Waals surface area contributed by atoms with Crippen LogP contribution in [0.4, 0.5) is 0 Å². The molecule has 1 aromatic rings. The third kappa shape index (κ3) is 4.78. The van der Waals surface area contributed by atoms with Gasteiger partial charge in [-0.05, 0) is 44.7 Å². The van der Waals surface area contributed by atoms with Crippen molar-refractivity contribution in [1.82, 2.24) is 0 Å². The molecule has 0 N–H and O–H groups in total. The van der Waals surface area contributed by atoms with Crippen LogP contribution < -0.4 is 0 Å². The van der Waals surface area contributed by atoms with Gasteiger partial charge in [-0.3, -0.25) is 0 Å². The van der Waals surface area contributed by atoms with Crippen LogP contribution in [0.3, 0.4) is 0 Å². The van der Waals surface area contributed by atoms with E-state index in [4.69, 9.17) is 13.7 Å². The normalized spacial score (nSPS) is 21.1. The fraction of sp³-hybridized carbons (Fsp3) is 0.600. The Balaban J connectivity index is 2.00. The summed E-state index contributed by atoms with van der Waals surface area (Å²) in [4.78, 5) is 0.139. The molecule has 2 rings (SSSR count). The molecule has 6 heteroatoms. The lowest BCUT2D eigenvalue weighted by molar-refractivity contribution is -0.230. The van der Waals surface area contributed by atoms with Crippen LogP contribution >= 0.6 is 0 Å². The molecule has 0 saturated carbocycles. The predicted octanol–water partition coefficient (Wildman–Crippen LogP) is 2.98. The highest BCUT2D eigenvalue weighted by Gasteiger charge is 2.25. The zero-order chi connectivity index (χ0) is 15.3. The molecule has 0 amide bonds. The van der Waals surface area contributed by atoms with Crippen LogP contribution in [0.15, 0.2) is 29.2 Å². The lowest BCUT2D eigenvalue weighted by Gasteiger charge is -2.26. The molecule has 1 aromatic carbocycles. The van der Waals surface area contributed by atoms with Gasteiger partial charge in [-0.25, -0.2) is 4.18 Å². The van der Waals surface area contributed by atoms with Gasteiger partial charge in [0.15, 0.2) is 12.6 Å². The molecule has 0 spiro atoms. The Morgan fingerprint density at radius 3 is 2.57 bits per heavy atom. The van der Waals surface area contributed by atoms with Crippen molar-refractivity contribution >= 4 is 10.1 Å². The minimum Gasteiger partial charge on any atom is -0.353 e. The number of ether oxygens (including phenoxy) is 2. The molecule has 1 aliphatic rings. The van der Waals surface area contributed by atoms with Gasteiger partial charge in [-0.1, -0.05) is 24.6 Å². The Morgan fingerprint density at radius 1 is 1.29 bits per heavy atom. The summed E-state index contributed by atoms with van der Waals surface area (Å²) in [5, 5.41) is 0. The number of aryl methyl sites for hydroxylation is 1. The summed E-state index contributed by atoms with van der Waals surface area (Å²) in [7, 11) is -3.82. The maximum Gasteiger partial charge on any atom is 0.299 e. The molecule has 21 heavy (non-hydrogen) atoms. The lowest BCUT2D eigenvalue weighted by atomic mass is 10.2. The standard InChI is InChI=1S/C15H22O5S/c1-3-14(19-15-6-4-5-11-18-15)20-21(16,17)13-9-7-12(2)8-10-13/h7-10,14-15H,3-6,11H2,1-2H3. The first-order chi connectivity index (χ1) is 10.0. The second kappa shape index (κ2) is 7.35. The van der Waals surface area contributed by atoms with Gasteiger partial charge in [-0.2, -0.15) is 8.42 Å². The van der Waals surface area contributed by atoms with E-state index in [-0.39, 0.29) is 11.2 Å². The van der Waals surface area contributed by atoms with Gasteiger partial charge in [0.25, 0.3) is 10.1 Å². The summed E-state index contributed by atoms with van der Waals surface area (Å²) in [6.45, 7) is 4.36. The maximum absolute atomic E-state index is 12.2. The van der Waals surface area contributed by atoms with Crippen molar-refractivity contribution in [3.8, 4) is 0 Å². The Kier molecular flexibility index (Phi) is 5.75. The van der Waals surface area contributed by atoms with Gasteiger partial charge in [0, 0.05) is 6.61 Å². The van der Waals surface area contributed by atoms with Crippen molar-refractivity contribution in [3.05, 3.63) is 29.8 Å². The predicted molar refractivity (Wildman–Crippen MR) is 78.2 cm³/mol. The molecular formula is C15H22O5S. The van der Waals surface area contributed by atoms with Crippen LogP contribution in [0.2, 0.25) is 0 Å². The number of hydrogen-bond donors (Lipinski definition) is 0. The SMILES string of the molecule is CCC(OC1CCCCO1)OS(=O)(=O)c1ccc(C)cc1. The van der Waals surface area contributed by atoms with E-state index >= 15 is 0 Å². The second-order valence-corrected chi connectivity index (χ2v) is 6.71. The zero-order valence-electron chi connectivity index (χ0n) is 12.4. The smallest absolute Gasteiger partial charge is 0.299 e. The Bertz CT molecular complexity index is 532. The van der Waals surface area contributed by atoms with Crippen molar-refractivity contribution < 1.29 is 22.1 Å². The van der Waals surface area contributed by atoms with E-state index in [9.17, 15) is 8.42 Å². The van der Waals surface area contributed by atoms with Gasteiger partial charge in [0.1, 0.15) is 0 Å². The van der Waals surface area contributed by atoms with E-state index in [0.717, 1.165) is 24.8 Å². The quantitative estimate of drug-likeness (QED) is 0.597. The maximum atomic E-state index is 12.2. The van der Waals surface area contributed by atoms with Crippen molar-refractivity contribution in [3.63, 3.8) is 0 Å². The van der Waals surface area contributed by atoms with Crippen molar-refractivity contribution in [1.29, 1.82) is 0 Å². The fourth-order valence-corrected chi connectivity index (χ4v) is 3.12. The van der Waals surface area contributed by atoms with Crippen LogP contribution in [0.5, 0.6) is 0 Å². The van der Waals surface area contributed by atoms with E-state index in [1.807, 2.05) is 13.8 Å². The van der Waals surface area contributed by atoms with Crippen LogP contribution in [0.25, 0.3) is 0 Å². The van der Waals surface area contributed by atoms with Crippen LogP contribution in [0, 0.1) is 6.92 Å². The van der Waals surface area contributed by atoms with Crippen LogP contribution in [-0.4, -0.2) is 27.6 Å². The molecule has 1 fully saturated rings.